The maximum absolute atomic E-state index is 4.82. The molecule has 1 rings (SSSR count). The van der Waals surface area contributed by atoms with Gasteiger partial charge in [0, 0.05) is 18.5 Å². The first-order valence-corrected chi connectivity index (χ1v) is 3.45. The summed E-state index contributed by atoms with van der Waals surface area (Å²) in [6.07, 6.45) is 1.75. The van der Waals surface area contributed by atoms with Crippen LogP contribution in [0.15, 0.2) is 4.99 Å². The topological polar surface area (TPSA) is 12.4 Å². The molecule has 0 radical (unpaired) electrons. The van der Waals surface area contributed by atoms with Crippen LogP contribution in [0, 0.1) is 0 Å². The lowest BCUT2D eigenvalue weighted by Gasteiger charge is -1.99. The Morgan fingerprint density at radius 1 is 1.86 bits per heavy atom. The van der Waals surface area contributed by atoms with Crippen molar-refractivity contribution in [1.82, 2.24) is 0 Å². The predicted molar refractivity (Wildman–Crippen MR) is 38.4 cm³/mol. The molecule has 1 heterocycles. The van der Waals surface area contributed by atoms with Crippen molar-refractivity contribution in [2.45, 2.75) is 0 Å². The van der Waals surface area contributed by atoms with E-state index >= 15 is 0 Å². The highest BCUT2D eigenvalue weighted by molar-refractivity contribution is 8.25. The molecule has 0 aromatic carbocycles. The van der Waals surface area contributed by atoms with Crippen molar-refractivity contribution in [3.05, 3.63) is 0 Å². The lowest BCUT2D eigenvalue weighted by Crippen LogP contribution is -2.01. The summed E-state index contributed by atoms with van der Waals surface area (Å²) in [5.74, 6) is 1.06. The molecular weight excluding hydrogens is 126 g/mol. The number of aliphatic imine (C=N–C) groups is 1. The van der Waals surface area contributed by atoms with Crippen molar-refractivity contribution in [3.63, 3.8) is 0 Å². The van der Waals surface area contributed by atoms with Gasteiger partial charge >= 0.3 is 0 Å². The molecule has 0 atom stereocenters. The van der Waals surface area contributed by atoms with Gasteiger partial charge in [-0.25, -0.2) is 0 Å². The summed E-state index contributed by atoms with van der Waals surface area (Å²) in [5, 5.41) is 0. The predicted octanol–water partition coefficient (Wildman–Crippen LogP) is 1.13. The summed E-state index contributed by atoms with van der Waals surface area (Å²) in [6, 6.07) is 0. The van der Waals surface area contributed by atoms with Crippen LogP contribution in [0.1, 0.15) is 0 Å². The van der Waals surface area contributed by atoms with E-state index in [9.17, 15) is 0 Å². The fourth-order valence-electron chi connectivity index (χ4n) is 0.375. The van der Waals surface area contributed by atoms with E-state index in [4.69, 9.17) is 12.2 Å². The Bertz CT molecular complexity index is 108. The third-order valence-corrected chi connectivity index (χ3v) is 1.90. The molecule has 1 aliphatic heterocycles. The Balaban J connectivity index is 2.51. The fourth-order valence-corrected chi connectivity index (χ4v) is 1.25. The van der Waals surface area contributed by atoms with Crippen molar-refractivity contribution in [1.29, 1.82) is 0 Å². The molecule has 0 saturated carbocycles. The summed E-state index contributed by atoms with van der Waals surface area (Å²) >= 11 is 6.52. The van der Waals surface area contributed by atoms with Crippen molar-refractivity contribution >= 4 is 34.4 Å². The second kappa shape index (κ2) is 2.43. The minimum Gasteiger partial charge on any atom is -0.290 e. The van der Waals surface area contributed by atoms with Gasteiger partial charge in [-0.3, -0.25) is 4.99 Å². The van der Waals surface area contributed by atoms with Crippen molar-refractivity contribution in [2.75, 3.05) is 12.3 Å². The summed E-state index contributed by atoms with van der Waals surface area (Å²) in [7, 11) is 0. The summed E-state index contributed by atoms with van der Waals surface area (Å²) in [4.78, 5) is 3.97. The lowest BCUT2D eigenvalue weighted by molar-refractivity contribution is 1.16. The van der Waals surface area contributed by atoms with Crippen LogP contribution in [-0.2, 0) is 0 Å². The van der Waals surface area contributed by atoms with Gasteiger partial charge in [0.1, 0.15) is 0 Å². The summed E-state index contributed by atoms with van der Waals surface area (Å²) in [5.41, 5.74) is 0. The molecule has 0 unspecified atom stereocenters. The number of thioether (sulfide) groups is 1. The van der Waals surface area contributed by atoms with Crippen LogP contribution >= 0.6 is 24.0 Å². The van der Waals surface area contributed by atoms with Crippen molar-refractivity contribution in [3.8, 4) is 0 Å². The van der Waals surface area contributed by atoms with E-state index in [-0.39, 0.29) is 0 Å². The smallest absolute Gasteiger partial charge is 0.0885 e. The molecule has 0 saturated heterocycles. The third kappa shape index (κ3) is 1.57. The number of hydrogen-bond acceptors (Lipinski definition) is 3. The van der Waals surface area contributed by atoms with Crippen LogP contribution < -0.4 is 0 Å². The average molecular weight is 131 g/mol. The minimum atomic E-state index is 0.922. The molecule has 0 aliphatic carbocycles. The molecule has 38 valence electrons. The molecule has 0 fully saturated rings. The Kier molecular flexibility index (Phi) is 1.82. The number of thiocarbonyl (C=S) groups is 1. The van der Waals surface area contributed by atoms with Crippen LogP contribution in [0.25, 0.3) is 0 Å². The molecule has 0 spiro atoms. The quantitative estimate of drug-likeness (QED) is 0.457. The molecule has 0 aromatic rings. The van der Waals surface area contributed by atoms with Gasteiger partial charge in [-0.2, -0.15) is 0 Å². The van der Waals surface area contributed by atoms with E-state index in [1.807, 2.05) is 0 Å². The normalized spacial score (nSPS) is 20.3. The van der Waals surface area contributed by atoms with Crippen LogP contribution in [0.2, 0.25) is 0 Å². The van der Waals surface area contributed by atoms with Gasteiger partial charge in [-0.1, -0.05) is 12.2 Å². The highest BCUT2D eigenvalue weighted by atomic mass is 32.2. The summed E-state index contributed by atoms with van der Waals surface area (Å²) in [6.45, 7) is 0.935. The molecule has 0 bridgehead atoms. The van der Waals surface area contributed by atoms with Crippen LogP contribution in [0.3, 0.4) is 0 Å². The van der Waals surface area contributed by atoms with Crippen LogP contribution in [0.4, 0.5) is 0 Å². The van der Waals surface area contributed by atoms with E-state index in [2.05, 4.69) is 4.99 Å². The standard InChI is InChI=1S/C4H5NS2/c6-4-3-5-1-2-7-4/h3H,1-2H2. The summed E-state index contributed by atoms with van der Waals surface area (Å²) < 4.78 is 0.922. The van der Waals surface area contributed by atoms with E-state index < -0.39 is 0 Å². The first kappa shape index (κ1) is 5.25. The molecular formula is C4H5NS2. The molecule has 0 amide bonds. The van der Waals surface area contributed by atoms with Crippen LogP contribution in [-0.4, -0.2) is 22.7 Å². The Labute approximate surface area is 52.2 Å². The van der Waals surface area contributed by atoms with E-state index in [1.165, 1.54) is 0 Å². The SMILES string of the molecule is S=C1C=NCCS1. The first-order chi connectivity index (χ1) is 3.39. The maximum atomic E-state index is 4.82. The zero-order valence-electron chi connectivity index (χ0n) is 3.76. The highest BCUT2D eigenvalue weighted by Gasteiger charge is 1.96. The van der Waals surface area contributed by atoms with Gasteiger partial charge in [0.25, 0.3) is 0 Å². The molecule has 1 nitrogen and oxygen atoms in total. The van der Waals surface area contributed by atoms with Crippen molar-refractivity contribution in [2.24, 2.45) is 4.99 Å². The van der Waals surface area contributed by atoms with Gasteiger partial charge in [0.15, 0.2) is 0 Å². The minimum absolute atomic E-state index is 0.922. The van der Waals surface area contributed by atoms with E-state index in [1.54, 1.807) is 18.0 Å². The second-order valence-electron chi connectivity index (χ2n) is 1.20. The molecule has 0 aromatic heterocycles. The second-order valence-corrected chi connectivity index (χ2v) is 3.04. The lowest BCUT2D eigenvalue weighted by atomic mass is 10.7. The highest BCUT2D eigenvalue weighted by Crippen LogP contribution is 2.05. The van der Waals surface area contributed by atoms with Gasteiger partial charge in [0.2, 0.25) is 0 Å². The van der Waals surface area contributed by atoms with Crippen molar-refractivity contribution < 1.29 is 0 Å². The van der Waals surface area contributed by atoms with Gasteiger partial charge in [0.05, 0.1) is 4.20 Å². The van der Waals surface area contributed by atoms with Gasteiger partial charge in [-0.15, -0.1) is 11.8 Å². The van der Waals surface area contributed by atoms with Crippen LogP contribution in [0.5, 0.6) is 0 Å². The molecule has 0 N–H and O–H groups in total. The largest absolute Gasteiger partial charge is 0.290 e. The zero-order chi connectivity index (χ0) is 5.11. The maximum Gasteiger partial charge on any atom is 0.0885 e. The average Bonchev–Trinajstić information content (AvgIpc) is 1.69. The molecule has 7 heavy (non-hydrogen) atoms. The third-order valence-electron chi connectivity index (χ3n) is 0.661. The Morgan fingerprint density at radius 3 is 3.00 bits per heavy atom. The number of nitrogens with zero attached hydrogens (tertiary/aromatic N) is 1. The van der Waals surface area contributed by atoms with E-state index in [0.717, 1.165) is 16.5 Å². The Hall–Kier alpha value is 0.110. The first-order valence-electron chi connectivity index (χ1n) is 2.06. The van der Waals surface area contributed by atoms with Gasteiger partial charge in [-0.05, 0) is 0 Å². The monoisotopic (exact) mass is 131 g/mol. The molecule has 3 heteroatoms. The zero-order valence-corrected chi connectivity index (χ0v) is 5.39. The van der Waals surface area contributed by atoms with Gasteiger partial charge < -0.3 is 0 Å². The fraction of sp³-hybridized carbons (Fsp3) is 0.500. The molecule has 1 aliphatic rings. The number of hydrogen-bond donors (Lipinski definition) is 0. The number of rotatable bonds is 0. The Morgan fingerprint density at radius 2 is 2.71 bits per heavy atom. The van der Waals surface area contributed by atoms with E-state index in [0.29, 0.717) is 0 Å².